The predicted molar refractivity (Wildman–Crippen MR) is 83.8 cm³/mol. The zero-order valence-electron chi connectivity index (χ0n) is 13.4. The van der Waals surface area contributed by atoms with E-state index in [0.717, 1.165) is 19.3 Å². The summed E-state index contributed by atoms with van der Waals surface area (Å²) in [6.45, 7) is 5.15. The third-order valence-electron chi connectivity index (χ3n) is 4.74. The molecule has 1 saturated carbocycles. The summed E-state index contributed by atoms with van der Waals surface area (Å²) < 4.78 is 29.2. The Morgan fingerprint density at radius 2 is 2.05 bits per heavy atom. The van der Waals surface area contributed by atoms with E-state index >= 15 is 0 Å². The van der Waals surface area contributed by atoms with Crippen LogP contribution in [0.2, 0.25) is 0 Å². The molecule has 0 radical (unpaired) electrons. The van der Waals surface area contributed by atoms with Crippen molar-refractivity contribution in [2.24, 2.45) is 0 Å². The highest BCUT2D eigenvalue weighted by atomic mass is 32.2. The van der Waals surface area contributed by atoms with Gasteiger partial charge in [0.1, 0.15) is 0 Å². The molecule has 1 saturated heterocycles. The number of carbonyl (C=O) groups is 1. The van der Waals surface area contributed by atoms with E-state index in [2.05, 4.69) is 4.72 Å². The van der Waals surface area contributed by atoms with Crippen molar-refractivity contribution in [3.8, 4) is 0 Å². The van der Waals surface area contributed by atoms with Gasteiger partial charge >= 0.3 is 5.97 Å². The number of rotatable bonds is 7. The lowest BCUT2D eigenvalue weighted by Crippen LogP contribution is -2.58. The fraction of sp³-hybridized carbons (Fsp3) is 0.929. The van der Waals surface area contributed by atoms with Crippen LogP contribution in [-0.2, 0) is 15.0 Å². The fourth-order valence-corrected chi connectivity index (χ4v) is 5.06. The van der Waals surface area contributed by atoms with Crippen LogP contribution >= 0.6 is 0 Å². The molecule has 0 spiro atoms. The third kappa shape index (κ3) is 4.18. The van der Waals surface area contributed by atoms with Crippen molar-refractivity contribution in [2.75, 3.05) is 19.6 Å². The Morgan fingerprint density at radius 1 is 1.36 bits per heavy atom. The Hall–Kier alpha value is -0.700. The maximum Gasteiger partial charge on any atom is 0.317 e. The van der Waals surface area contributed by atoms with Crippen LogP contribution in [0.1, 0.15) is 46.0 Å². The van der Waals surface area contributed by atoms with Gasteiger partial charge in [0.15, 0.2) is 0 Å². The summed E-state index contributed by atoms with van der Waals surface area (Å²) in [7, 11) is -3.42. The summed E-state index contributed by atoms with van der Waals surface area (Å²) in [5.74, 6) is -0.840. The Labute approximate surface area is 132 Å². The van der Waals surface area contributed by atoms with Gasteiger partial charge in [-0.05, 0) is 39.2 Å². The number of nitrogens with zero attached hydrogens (tertiary/aromatic N) is 2. The molecule has 0 amide bonds. The molecule has 2 rings (SSSR count). The summed E-state index contributed by atoms with van der Waals surface area (Å²) in [6.07, 6.45) is 4.28. The van der Waals surface area contributed by atoms with E-state index < -0.39 is 16.2 Å². The van der Waals surface area contributed by atoms with Crippen LogP contribution in [0.25, 0.3) is 0 Å². The van der Waals surface area contributed by atoms with E-state index in [1.807, 2.05) is 18.7 Å². The van der Waals surface area contributed by atoms with E-state index in [0.29, 0.717) is 25.9 Å². The maximum absolute atomic E-state index is 12.4. The molecule has 128 valence electrons. The minimum absolute atomic E-state index is 0.0177. The standard InChI is InChI=1S/C14H27N3O4S/c1-3-16(10-14(18)19)13-8-12(9-13)15-22(20,21)17-7-5-4-6-11(17)2/h11-13,15H,3-10H2,1-2H3,(H,18,19). The van der Waals surface area contributed by atoms with E-state index in [4.69, 9.17) is 5.11 Å². The van der Waals surface area contributed by atoms with Gasteiger partial charge in [0.05, 0.1) is 6.54 Å². The van der Waals surface area contributed by atoms with Gasteiger partial charge in [0, 0.05) is 24.7 Å². The van der Waals surface area contributed by atoms with E-state index in [9.17, 15) is 13.2 Å². The average molecular weight is 333 g/mol. The summed E-state index contributed by atoms with van der Waals surface area (Å²) in [4.78, 5) is 12.7. The molecule has 1 aliphatic heterocycles. The van der Waals surface area contributed by atoms with Gasteiger partial charge < -0.3 is 5.11 Å². The van der Waals surface area contributed by atoms with Crippen LogP contribution < -0.4 is 4.72 Å². The van der Waals surface area contributed by atoms with Gasteiger partial charge in [-0.3, -0.25) is 9.69 Å². The lowest BCUT2D eigenvalue weighted by molar-refractivity contribution is -0.139. The first-order valence-corrected chi connectivity index (χ1v) is 9.52. The van der Waals surface area contributed by atoms with E-state index in [1.54, 1.807) is 4.31 Å². The molecule has 0 bridgehead atoms. The van der Waals surface area contributed by atoms with Gasteiger partial charge in [0.25, 0.3) is 10.2 Å². The molecule has 0 aromatic carbocycles. The van der Waals surface area contributed by atoms with Crippen LogP contribution in [0.5, 0.6) is 0 Å². The number of carboxylic acids is 1. The molecule has 1 heterocycles. The van der Waals surface area contributed by atoms with Crippen LogP contribution in [0.15, 0.2) is 0 Å². The monoisotopic (exact) mass is 333 g/mol. The Morgan fingerprint density at radius 3 is 2.59 bits per heavy atom. The molecule has 8 heteroatoms. The molecule has 1 unspecified atom stereocenters. The van der Waals surface area contributed by atoms with Crippen molar-refractivity contribution >= 4 is 16.2 Å². The molecule has 0 aromatic heterocycles. The van der Waals surface area contributed by atoms with Crippen molar-refractivity contribution < 1.29 is 18.3 Å². The minimum atomic E-state index is -3.42. The van der Waals surface area contributed by atoms with Crippen molar-refractivity contribution in [3.05, 3.63) is 0 Å². The molecule has 22 heavy (non-hydrogen) atoms. The predicted octanol–water partition coefficient (Wildman–Crippen LogP) is 0.633. The second kappa shape index (κ2) is 7.25. The topological polar surface area (TPSA) is 90.0 Å². The molecular formula is C14H27N3O4S. The Kier molecular flexibility index (Phi) is 5.81. The second-order valence-corrected chi connectivity index (χ2v) is 8.01. The highest BCUT2D eigenvalue weighted by Gasteiger charge is 2.38. The van der Waals surface area contributed by atoms with Crippen molar-refractivity contribution in [1.29, 1.82) is 0 Å². The molecule has 2 fully saturated rings. The number of nitrogens with one attached hydrogen (secondary N) is 1. The zero-order valence-corrected chi connectivity index (χ0v) is 14.2. The van der Waals surface area contributed by atoms with Crippen molar-refractivity contribution in [2.45, 2.75) is 64.1 Å². The smallest absolute Gasteiger partial charge is 0.317 e. The summed E-state index contributed by atoms with van der Waals surface area (Å²) in [5, 5.41) is 8.88. The van der Waals surface area contributed by atoms with Crippen molar-refractivity contribution in [1.82, 2.24) is 13.9 Å². The normalized spacial score (nSPS) is 30.2. The Balaban J connectivity index is 1.84. The highest BCUT2D eigenvalue weighted by Crippen LogP contribution is 2.27. The van der Waals surface area contributed by atoms with Crippen LogP contribution in [0, 0.1) is 0 Å². The highest BCUT2D eigenvalue weighted by molar-refractivity contribution is 7.87. The molecule has 7 nitrogen and oxygen atoms in total. The van der Waals surface area contributed by atoms with E-state index in [-0.39, 0.29) is 24.7 Å². The van der Waals surface area contributed by atoms with Gasteiger partial charge in [-0.25, -0.2) is 0 Å². The molecule has 2 aliphatic rings. The first kappa shape index (κ1) is 17.7. The zero-order chi connectivity index (χ0) is 16.3. The number of hydrogen-bond donors (Lipinski definition) is 2. The third-order valence-corrected chi connectivity index (χ3v) is 6.53. The molecule has 0 aromatic rings. The van der Waals surface area contributed by atoms with Gasteiger partial charge in [-0.2, -0.15) is 17.4 Å². The first-order valence-electron chi connectivity index (χ1n) is 8.08. The summed E-state index contributed by atoms with van der Waals surface area (Å²) in [6, 6.07) is 0.140. The quantitative estimate of drug-likeness (QED) is 0.713. The average Bonchev–Trinajstić information content (AvgIpc) is 2.40. The number of hydrogen-bond acceptors (Lipinski definition) is 4. The maximum atomic E-state index is 12.4. The molecule has 1 aliphatic carbocycles. The fourth-order valence-electron chi connectivity index (χ4n) is 3.36. The second-order valence-electron chi connectivity index (χ2n) is 6.36. The summed E-state index contributed by atoms with van der Waals surface area (Å²) >= 11 is 0. The van der Waals surface area contributed by atoms with Gasteiger partial charge in [-0.15, -0.1) is 0 Å². The molecular weight excluding hydrogens is 306 g/mol. The summed E-state index contributed by atoms with van der Waals surface area (Å²) in [5.41, 5.74) is 0. The lowest BCUT2D eigenvalue weighted by atomic mass is 9.86. The minimum Gasteiger partial charge on any atom is -0.480 e. The number of likely N-dealkylation sites (N-methyl/N-ethyl adjacent to an activating group) is 1. The van der Waals surface area contributed by atoms with Crippen LogP contribution in [-0.4, -0.2) is 66.5 Å². The number of carboxylic acid groups (broad SMARTS) is 1. The SMILES string of the molecule is CCN(CC(=O)O)C1CC(NS(=O)(=O)N2CCCCC2C)C1. The van der Waals surface area contributed by atoms with Gasteiger partial charge in [0.2, 0.25) is 0 Å². The lowest BCUT2D eigenvalue weighted by Gasteiger charge is -2.43. The molecule has 1 atom stereocenters. The largest absolute Gasteiger partial charge is 0.480 e. The van der Waals surface area contributed by atoms with Crippen LogP contribution in [0.3, 0.4) is 0 Å². The number of aliphatic carboxylic acids is 1. The van der Waals surface area contributed by atoms with Crippen LogP contribution in [0.4, 0.5) is 0 Å². The first-order chi connectivity index (χ1) is 10.3. The van der Waals surface area contributed by atoms with Crippen molar-refractivity contribution in [3.63, 3.8) is 0 Å². The number of piperidine rings is 1. The van der Waals surface area contributed by atoms with E-state index in [1.165, 1.54) is 0 Å². The molecule has 2 N–H and O–H groups in total. The van der Waals surface area contributed by atoms with Gasteiger partial charge in [-0.1, -0.05) is 13.3 Å². The Bertz CT molecular complexity index is 490.